The number of carboxylic acids is 1. The fourth-order valence-corrected chi connectivity index (χ4v) is 5.27. The molecule has 7 nitrogen and oxygen atoms in total. The summed E-state index contributed by atoms with van der Waals surface area (Å²) >= 11 is 0. The topological polar surface area (TPSA) is 90.1 Å². The summed E-state index contributed by atoms with van der Waals surface area (Å²) < 4.78 is 7.46. The molecule has 2 aliphatic rings. The highest BCUT2D eigenvalue weighted by Crippen LogP contribution is 2.39. The number of allylic oxidation sites excluding steroid dienone is 7. The van der Waals surface area contributed by atoms with Crippen molar-refractivity contribution in [2.45, 2.75) is 20.0 Å². The minimum atomic E-state index is -0.995. The van der Waals surface area contributed by atoms with Gasteiger partial charge in [0.25, 0.3) is 0 Å². The summed E-state index contributed by atoms with van der Waals surface area (Å²) in [6.07, 6.45) is 7.79. The van der Waals surface area contributed by atoms with Crippen molar-refractivity contribution in [2.24, 2.45) is 0 Å². The third-order valence-electron chi connectivity index (χ3n) is 7.52. The molecule has 0 saturated heterocycles. The number of nitrogens with zero attached hydrogens (tertiary/aromatic N) is 2. The van der Waals surface area contributed by atoms with Gasteiger partial charge in [0, 0.05) is 42.1 Å². The van der Waals surface area contributed by atoms with Crippen molar-refractivity contribution >= 4 is 28.7 Å². The van der Waals surface area contributed by atoms with Crippen molar-refractivity contribution in [3.63, 3.8) is 0 Å². The Morgan fingerprint density at radius 2 is 1.40 bits per heavy atom. The summed E-state index contributed by atoms with van der Waals surface area (Å²) in [4.78, 5) is 26.0. The number of benzene rings is 3. The Morgan fingerprint density at radius 1 is 0.814 bits per heavy atom. The van der Waals surface area contributed by atoms with Gasteiger partial charge in [-0.1, -0.05) is 72.8 Å². The number of carboxylic acid groups (broad SMARTS) is 1. The Balaban J connectivity index is 1.33. The van der Waals surface area contributed by atoms with Gasteiger partial charge >= 0.3 is 5.97 Å². The lowest BCUT2D eigenvalue weighted by molar-refractivity contribution is -0.558. The van der Waals surface area contributed by atoms with Crippen molar-refractivity contribution in [1.82, 2.24) is 0 Å². The van der Waals surface area contributed by atoms with Gasteiger partial charge in [-0.05, 0) is 42.3 Å². The van der Waals surface area contributed by atoms with Crippen molar-refractivity contribution in [1.29, 1.82) is 0 Å². The van der Waals surface area contributed by atoms with Crippen molar-refractivity contribution in [3.05, 3.63) is 143 Å². The molecule has 43 heavy (non-hydrogen) atoms. The first-order valence-corrected chi connectivity index (χ1v) is 14.4. The quantitative estimate of drug-likeness (QED) is 0.163. The van der Waals surface area contributed by atoms with E-state index in [-0.39, 0.29) is 18.1 Å². The number of rotatable bonds is 12. The number of hydrogen-bond donors (Lipinski definition) is 2. The Labute approximate surface area is 251 Å². The van der Waals surface area contributed by atoms with Crippen molar-refractivity contribution < 1.29 is 29.1 Å². The second-order valence-electron chi connectivity index (χ2n) is 10.4. The van der Waals surface area contributed by atoms with E-state index in [0.29, 0.717) is 42.0 Å². The van der Waals surface area contributed by atoms with E-state index in [4.69, 9.17) is 9.84 Å². The zero-order valence-electron chi connectivity index (χ0n) is 24.1. The van der Waals surface area contributed by atoms with Gasteiger partial charge in [0.15, 0.2) is 13.1 Å². The van der Waals surface area contributed by atoms with Gasteiger partial charge < -0.3 is 19.8 Å². The molecule has 0 unspecified atom stereocenters. The fraction of sp³-hybridized carbons (Fsp3) is 0.194. The van der Waals surface area contributed by atoms with Crippen LogP contribution in [-0.4, -0.2) is 58.6 Å². The molecule has 0 amide bonds. The molecule has 0 bridgehead atoms. The molecule has 0 saturated carbocycles. The molecular formula is C36H35N2O5+. The SMILES string of the molecule is CCN(CCOCC(=O)O)c1ccc(C2=C(O)C(=C3C=CC(=[N+](Cc4ccccc4)Cc4ccccc4)C=C3)C2=O)cc1. The molecular weight excluding hydrogens is 540 g/mol. The van der Waals surface area contributed by atoms with E-state index in [1.54, 1.807) is 0 Å². The van der Waals surface area contributed by atoms with Crippen LogP contribution in [-0.2, 0) is 27.4 Å². The number of anilines is 1. The maximum absolute atomic E-state index is 13.2. The van der Waals surface area contributed by atoms with E-state index in [2.05, 4.69) is 33.7 Å². The van der Waals surface area contributed by atoms with E-state index in [9.17, 15) is 14.7 Å². The number of carbonyl (C=O) groups excluding carboxylic acids is 1. The van der Waals surface area contributed by atoms with Crippen molar-refractivity contribution in [3.8, 4) is 0 Å². The van der Waals surface area contributed by atoms with Crippen LogP contribution < -0.4 is 4.90 Å². The van der Waals surface area contributed by atoms with Gasteiger partial charge in [-0.25, -0.2) is 9.37 Å². The molecule has 0 heterocycles. The summed E-state index contributed by atoms with van der Waals surface area (Å²) in [6.45, 7) is 4.70. The second-order valence-corrected chi connectivity index (χ2v) is 10.4. The Bertz CT molecular complexity index is 1570. The average Bonchev–Trinajstić information content (AvgIpc) is 3.03. The van der Waals surface area contributed by atoms with Crippen molar-refractivity contribution in [2.75, 3.05) is 31.2 Å². The number of carbonyl (C=O) groups is 2. The lowest BCUT2D eigenvalue weighted by atomic mass is 9.80. The molecule has 0 fully saturated rings. The smallest absolute Gasteiger partial charge is 0.329 e. The summed E-state index contributed by atoms with van der Waals surface area (Å²) in [5.74, 6) is -1.17. The van der Waals surface area contributed by atoms with Crippen LogP contribution in [0.15, 0.2) is 126 Å². The lowest BCUT2D eigenvalue weighted by Gasteiger charge is -2.25. The molecule has 218 valence electrons. The standard InChI is InChI=1S/C36H34N2O5/c1-2-37(21-22-43-25-32(39)40)30-17-13-28(14-18-30)33-35(41)34(36(33)42)29-15-19-31(20-16-29)38(23-26-9-5-3-6-10-26)24-27-11-7-4-8-12-27/h3-20H,2,21-25H2,1H3,(H-,39,40,41,42)/p+1. The monoisotopic (exact) mass is 575 g/mol. The maximum Gasteiger partial charge on any atom is 0.329 e. The summed E-state index contributed by atoms with van der Waals surface area (Å²) in [5.41, 5.74) is 6.34. The van der Waals surface area contributed by atoms with Gasteiger partial charge in [0.2, 0.25) is 11.5 Å². The third-order valence-corrected chi connectivity index (χ3v) is 7.52. The predicted molar refractivity (Wildman–Crippen MR) is 168 cm³/mol. The first-order valence-electron chi connectivity index (χ1n) is 14.4. The average molecular weight is 576 g/mol. The molecule has 3 aromatic rings. The Kier molecular flexibility index (Phi) is 9.44. The van der Waals surface area contributed by atoms with Crippen LogP contribution in [0.4, 0.5) is 5.69 Å². The van der Waals surface area contributed by atoms with Crippen LogP contribution in [0.1, 0.15) is 23.6 Å². The molecule has 0 radical (unpaired) electrons. The van der Waals surface area contributed by atoms with Gasteiger partial charge in [-0.15, -0.1) is 0 Å². The Morgan fingerprint density at radius 3 is 1.91 bits per heavy atom. The molecule has 0 aromatic heterocycles. The highest BCUT2D eigenvalue weighted by molar-refractivity contribution is 6.39. The third kappa shape index (κ3) is 7.08. The van der Waals surface area contributed by atoms with Crippen LogP contribution in [0.25, 0.3) is 5.57 Å². The number of ether oxygens (including phenoxy) is 1. The number of ketones is 1. The van der Waals surface area contributed by atoms with E-state index >= 15 is 0 Å². The van der Waals surface area contributed by atoms with Crippen LogP contribution in [0, 0.1) is 0 Å². The summed E-state index contributed by atoms with van der Waals surface area (Å²) in [7, 11) is 0. The number of hydrogen-bond acceptors (Lipinski definition) is 5. The predicted octanol–water partition coefficient (Wildman–Crippen LogP) is 5.74. The number of aliphatic hydroxyl groups is 1. The Hall–Kier alpha value is -5.01. The van der Waals surface area contributed by atoms with Gasteiger partial charge in [0.05, 0.1) is 17.8 Å². The van der Waals surface area contributed by atoms with Crippen LogP contribution in [0.3, 0.4) is 0 Å². The number of aliphatic hydroxyl groups excluding tert-OH is 1. The minimum Gasteiger partial charge on any atom is -0.506 e. The summed E-state index contributed by atoms with van der Waals surface area (Å²) in [6, 6.07) is 28.1. The molecule has 5 rings (SSSR count). The van der Waals surface area contributed by atoms with Gasteiger partial charge in [-0.3, -0.25) is 4.79 Å². The van der Waals surface area contributed by atoms with E-state index in [1.807, 2.05) is 91.9 Å². The zero-order chi connectivity index (χ0) is 30.2. The number of aliphatic carboxylic acids is 1. The van der Waals surface area contributed by atoms with Gasteiger partial charge in [-0.2, -0.15) is 0 Å². The summed E-state index contributed by atoms with van der Waals surface area (Å²) in [5, 5.41) is 19.7. The first-order chi connectivity index (χ1) is 20.9. The van der Waals surface area contributed by atoms with Crippen LogP contribution in [0.2, 0.25) is 0 Å². The molecule has 7 heteroatoms. The second kappa shape index (κ2) is 13.8. The molecule has 0 aliphatic heterocycles. The molecule has 2 N–H and O–H groups in total. The highest BCUT2D eigenvalue weighted by atomic mass is 16.5. The molecule has 3 aromatic carbocycles. The molecule has 0 spiro atoms. The van der Waals surface area contributed by atoms with E-state index in [1.165, 1.54) is 11.1 Å². The first kappa shape index (κ1) is 29.5. The van der Waals surface area contributed by atoms with E-state index in [0.717, 1.165) is 24.5 Å². The number of likely N-dealkylation sites (N-methyl/N-ethyl adjacent to an activating group) is 1. The van der Waals surface area contributed by atoms with Crippen LogP contribution >= 0.6 is 0 Å². The van der Waals surface area contributed by atoms with Crippen LogP contribution in [0.5, 0.6) is 0 Å². The zero-order valence-corrected chi connectivity index (χ0v) is 24.1. The molecule has 2 aliphatic carbocycles. The lowest BCUT2D eigenvalue weighted by Crippen LogP contribution is -2.28. The fourth-order valence-electron chi connectivity index (χ4n) is 5.27. The highest BCUT2D eigenvalue weighted by Gasteiger charge is 2.36. The minimum absolute atomic E-state index is 0.00495. The largest absolute Gasteiger partial charge is 0.506 e. The molecule has 0 atom stereocenters. The van der Waals surface area contributed by atoms with E-state index < -0.39 is 5.97 Å². The maximum atomic E-state index is 13.2. The normalized spacial score (nSPS) is 14.3. The van der Waals surface area contributed by atoms with Gasteiger partial charge in [0.1, 0.15) is 12.4 Å². The number of Topliss-reactive ketones (excluding diaryl/α,β-unsaturated/α-hetero) is 1.